The number of rotatable bonds is 4. The summed E-state index contributed by atoms with van der Waals surface area (Å²) in [6.07, 6.45) is 4.46. The molecule has 0 aromatic carbocycles. The minimum atomic E-state index is -0.992. The lowest BCUT2D eigenvalue weighted by Gasteiger charge is -2.01. The van der Waals surface area contributed by atoms with E-state index in [1.165, 1.54) is 24.1 Å². The summed E-state index contributed by atoms with van der Waals surface area (Å²) in [6.45, 7) is 0. The van der Waals surface area contributed by atoms with Crippen molar-refractivity contribution >= 4 is 23.4 Å². The highest BCUT2D eigenvalue weighted by Crippen LogP contribution is 2.27. The van der Waals surface area contributed by atoms with Crippen LogP contribution in [0.25, 0.3) is 0 Å². The van der Waals surface area contributed by atoms with E-state index >= 15 is 0 Å². The number of pyridine rings is 1. The molecule has 0 aliphatic heterocycles. The van der Waals surface area contributed by atoms with Crippen LogP contribution in [-0.2, 0) is 5.75 Å². The second-order valence-electron chi connectivity index (χ2n) is 3.31. The van der Waals surface area contributed by atoms with Gasteiger partial charge >= 0.3 is 5.97 Å². The molecule has 0 saturated heterocycles. The lowest BCUT2D eigenvalue weighted by Crippen LogP contribution is -1.92. The highest BCUT2D eigenvalue weighted by molar-refractivity contribution is 7.98. The van der Waals surface area contributed by atoms with Gasteiger partial charge in [0.05, 0.1) is 23.2 Å². The summed E-state index contributed by atoms with van der Waals surface area (Å²) in [7, 11) is 0. The number of hydrogen-bond acceptors (Lipinski definition) is 5. The maximum atomic E-state index is 10.6. The molecular weight excluding hydrogens is 240 g/mol. The zero-order valence-corrected chi connectivity index (χ0v) is 9.61. The topological polar surface area (TPSA) is 89.3 Å². The molecule has 6 heteroatoms. The predicted octanol–water partition coefficient (Wildman–Crippen LogP) is 2.25. The number of aromatic carboxylic acids is 1. The first-order valence-electron chi connectivity index (χ1n) is 4.80. The molecule has 2 aromatic rings. The zero-order chi connectivity index (χ0) is 12.3. The smallest absolute Gasteiger partial charge is 0.338 e. The van der Waals surface area contributed by atoms with Gasteiger partial charge in [0.25, 0.3) is 0 Å². The summed E-state index contributed by atoms with van der Waals surface area (Å²) in [5.41, 5.74) is 6.49. The summed E-state index contributed by atoms with van der Waals surface area (Å²) >= 11 is 1.47. The Hall–Kier alpha value is -1.95. The fraction of sp³-hybridized carbons (Fsp3) is 0.0909. The Morgan fingerprint density at radius 3 is 3.06 bits per heavy atom. The van der Waals surface area contributed by atoms with Gasteiger partial charge in [-0.2, -0.15) is 0 Å². The van der Waals surface area contributed by atoms with Gasteiger partial charge in [0.1, 0.15) is 12.0 Å². The highest BCUT2D eigenvalue weighted by Gasteiger charge is 2.09. The molecule has 0 amide bonds. The maximum absolute atomic E-state index is 10.6. The molecule has 3 N–H and O–H groups in total. The number of hydrogen-bond donors (Lipinski definition) is 2. The number of nitrogen functional groups attached to an aromatic ring is 1. The molecule has 0 saturated carbocycles. The number of nitrogens with two attached hydrogens (primary N) is 1. The Labute approximate surface area is 102 Å². The van der Waals surface area contributed by atoms with Crippen LogP contribution >= 0.6 is 11.8 Å². The van der Waals surface area contributed by atoms with Crippen LogP contribution in [0, 0.1) is 0 Å². The molecule has 0 fully saturated rings. The van der Waals surface area contributed by atoms with Crippen LogP contribution in [0.4, 0.5) is 5.69 Å². The van der Waals surface area contributed by atoms with Gasteiger partial charge in [0.2, 0.25) is 0 Å². The first-order valence-corrected chi connectivity index (χ1v) is 5.78. The lowest BCUT2D eigenvalue weighted by molar-refractivity contribution is 0.0696. The standard InChI is InChI=1S/C11H10N2O3S/c12-9-4-13-2-1-10(9)17-6-8-3-7(5-16-8)11(14)15/h1-5H,6,12H2,(H,14,15). The van der Waals surface area contributed by atoms with Crippen LogP contribution in [0.5, 0.6) is 0 Å². The predicted molar refractivity (Wildman–Crippen MR) is 63.9 cm³/mol. The van der Waals surface area contributed by atoms with Crippen molar-refractivity contribution in [3.05, 3.63) is 42.1 Å². The van der Waals surface area contributed by atoms with Crippen molar-refractivity contribution in [1.29, 1.82) is 0 Å². The van der Waals surface area contributed by atoms with Gasteiger partial charge in [-0.3, -0.25) is 4.98 Å². The fourth-order valence-electron chi connectivity index (χ4n) is 1.24. The normalized spacial score (nSPS) is 10.4. The third-order valence-electron chi connectivity index (χ3n) is 2.08. The third-order valence-corrected chi connectivity index (χ3v) is 3.19. The van der Waals surface area contributed by atoms with E-state index in [9.17, 15) is 4.79 Å². The third kappa shape index (κ3) is 2.79. The first kappa shape index (κ1) is 11.5. The SMILES string of the molecule is Nc1cnccc1SCc1cc(C(=O)O)co1. The number of thioether (sulfide) groups is 1. The molecule has 0 bridgehead atoms. The molecule has 2 heterocycles. The highest BCUT2D eigenvalue weighted by atomic mass is 32.2. The van der Waals surface area contributed by atoms with Crippen molar-refractivity contribution in [2.24, 2.45) is 0 Å². The minimum Gasteiger partial charge on any atom is -0.478 e. The van der Waals surface area contributed by atoms with Crippen molar-refractivity contribution in [2.45, 2.75) is 10.6 Å². The summed E-state index contributed by atoms with van der Waals surface area (Å²) in [4.78, 5) is 15.4. The molecule has 0 atom stereocenters. The van der Waals surface area contributed by atoms with Crippen molar-refractivity contribution in [2.75, 3.05) is 5.73 Å². The van der Waals surface area contributed by atoms with Gasteiger partial charge in [-0.05, 0) is 12.1 Å². The second-order valence-corrected chi connectivity index (χ2v) is 4.33. The van der Waals surface area contributed by atoms with Gasteiger partial charge in [-0.1, -0.05) is 0 Å². The second kappa shape index (κ2) is 4.92. The Bertz CT molecular complexity index is 539. The van der Waals surface area contributed by atoms with E-state index in [-0.39, 0.29) is 5.56 Å². The van der Waals surface area contributed by atoms with Crippen molar-refractivity contribution in [3.8, 4) is 0 Å². The van der Waals surface area contributed by atoms with E-state index in [1.807, 2.05) is 0 Å². The Morgan fingerprint density at radius 1 is 1.59 bits per heavy atom. The van der Waals surface area contributed by atoms with Gasteiger partial charge in [0.15, 0.2) is 0 Å². The molecule has 5 nitrogen and oxygen atoms in total. The van der Waals surface area contributed by atoms with Gasteiger partial charge in [-0.15, -0.1) is 11.8 Å². The minimum absolute atomic E-state index is 0.156. The molecule has 2 aromatic heterocycles. The van der Waals surface area contributed by atoms with Crippen LogP contribution in [-0.4, -0.2) is 16.1 Å². The monoisotopic (exact) mass is 250 g/mol. The Kier molecular flexibility index (Phi) is 3.34. The number of carboxylic acid groups (broad SMARTS) is 1. The van der Waals surface area contributed by atoms with Crippen LogP contribution in [0.1, 0.15) is 16.1 Å². The number of furan rings is 1. The lowest BCUT2D eigenvalue weighted by atomic mass is 10.3. The Morgan fingerprint density at radius 2 is 2.41 bits per heavy atom. The molecule has 0 aliphatic rings. The van der Waals surface area contributed by atoms with E-state index in [2.05, 4.69) is 4.98 Å². The molecule has 17 heavy (non-hydrogen) atoms. The molecule has 0 spiro atoms. The largest absolute Gasteiger partial charge is 0.478 e. The molecule has 88 valence electrons. The summed E-state index contributed by atoms with van der Waals surface area (Å²) < 4.78 is 5.13. The average molecular weight is 250 g/mol. The van der Waals surface area contributed by atoms with Gasteiger partial charge in [0, 0.05) is 11.1 Å². The van der Waals surface area contributed by atoms with E-state index in [4.69, 9.17) is 15.3 Å². The first-order chi connectivity index (χ1) is 8.16. The molecule has 0 aliphatic carbocycles. The number of nitrogens with zero attached hydrogens (tertiary/aromatic N) is 1. The molecular formula is C11H10N2O3S. The quantitative estimate of drug-likeness (QED) is 0.809. The van der Waals surface area contributed by atoms with Gasteiger partial charge in [-0.25, -0.2) is 4.79 Å². The number of carbonyl (C=O) groups is 1. The zero-order valence-electron chi connectivity index (χ0n) is 8.79. The fourth-order valence-corrected chi connectivity index (χ4v) is 2.07. The Balaban J connectivity index is 2.02. The van der Waals surface area contributed by atoms with Gasteiger partial charge < -0.3 is 15.3 Å². The molecule has 0 radical (unpaired) electrons. The van der Waals surface area contributed by atoms with Crippen molar-refractivity contribution in [1.82, 2.24) is 4.98 Å². The summed E-state index contributed by atoms with van der Waals surface area (Å²) in [5, 5.41) is 8.73. The molecule has 2 rings (SSSR count). The van der Waals surface area contributed by atoms with Crippen molar-refractivity contribution in [3.63, 3.8) is 0 Å². The summed E-state index contributed by atoms with van der Waals surface area (Å²) in [5.74, 6) is 0.138. The maximum Gasteiger partial charge on any atom is 0.338 e. The summed E-state index contributed by atoms with van der Waals surface area (Å²) in [6, 6.07) is 3.31. The molecule has 0 unspecified atom stereocenters. The van der Waals surface area contributed by atoms with Crippen LogP contribution in [0.2, 0.25) is 0 Å². The van der Waals surface area contributed by atoms with Crippen LogP contribution in [0.3, 0.4) is 0 Å². The van der Waals surface area contributed by atoms with E-state index in [1.54, 1.807) is 18.5 Å². The number of anilines is 1. The number of aromatic nitrogens is 1. The van der Waals surface area contributed by atoms with E-state index in [0.717, 1.165) is 4.90 Å². The van der Waals surface area contributed by atoms with E-state index in [0.29, 0.717) is 17.2 Å². The van der Waals surface area contributed by atoms with Crippen LogP contribution < -0.4 is 5.73 Å². The average Bonchev–Trinajstić information content (AvgIpc) is 2.77. The van der Waals surface area contributed by atoms with Crippen LogP contribution in [0.15, 0.2) is 40.1 Å². The van der Waals surface area contributed by atoms with Crippen molar-refractivity contribution < 1.29 is 14.3 Å². The number of carboxylic acids is 1. The van der Waals surface area contributed by atoms with E-state index < -0.39 is 5.97 Å².